The summed E-state index contributed by atoms with van der Waals surface area (Å²) in [7, 11) is 0. The van der Waals surface area contributed by atoms with Crippen molar-refractivity contribution in [3.63, 3.8) is 0 Å². The van der Waals surface area contributed by atoms with E-state index in [2.05, 4.69) is 25.1 Å². The predicted octanol–water partition coefficient (Wildman–Crippen LogP) is 2.29. The second-order valence-electron chi connectivity index (χ2n) is 7.55. The number of rotatable bonds is 5. The first-order valence-corrected chi connectivity index (χ1v) is 10.0. The van der Waals surface area contributed by atoms with Crippen LogP contribution in [0, 0.1) is 5.92 Å². The van der Waals surface area contributed by atoms with Gasteiger partial charge >= 0.3 is 0 Å². The Morgan fingerprint density at radius 2 is 1.89 bits per heavy atom. The molecule has 2 aromatic rings. The molecule has 1 aromatic heterocycles. The molecule has 0 radical (unpaired) electrons. The van der Waals surface area contributed by atoms with E-state index in [1.54, 1.807) is 6.33 Å². The summed E-state index contributed by atoms with van der Waals surface area (Å²) in [4.78, 5) is 25.9. The number of benzene rings is 1. The van der Waals surface area contributed by atoms with E-state index in [1.165, 1.54) is 0 Å². The van der Waals surface area contributed by atoms with Crippen molar-refractivity contribution in [2.75, 3.05) is 41.4 Å². The molecule has 28 heavy (non-hydrogen) atoms. The van der Waals surface area contributed by atoms with E-state index in [1.807, 2.05) is 36.4 Å². The third kappa shape index (κ3) is 4.09. The van der Waals surface area contributed by atoms with Gasteiger partial charge in [-0.15, -0.1) is 0 Å². The molecule has 4 rings (SSSR count). The smallest absolute Gasteiger partial charge is 0.229 e. The molecule has 2 fully saturated rings. The number of aliphatic hydroxyl groups excluding tert-OH is 1. The number of piperidine rings is 1. The van der Waals surface area contributed by atoms with E-state index in [9.17, 15) is 9.90 Å². The summed E-state index contributed by atoms with van der Waals surface area (Å²) in [6.07, 6.45) is 5.48. The number of nitrogens with one attached hydrogen (secondary N) is 1. The van der Waals surface area contributed by atoms with Crippen LogP contribution in [0.4, 0.5) is 17.3 Å². The number of amides is 1. The molecular weight excluding hydrogens is 354 g/mol. The van der Waals surface area contributed by atoms with Crippen LogP contribution in [0.5, 0.6) is 0 Å². The first-order chi connectivity index (χ1) is 13.7. The quantitative estimate of drug-likeness (QED) is 0.827. The van der Waals surface area contributed by atoms with E-state index in [4.69, 9.17) is 0 Å². The second-order valence-corrected chi connectivity index (χ2v) is 7.55. The van der Waals surface area contributed by atoms with Crippen molar-refractivity contribution in [1.29, 1.82) is 0 Å². The Balaban J connectivity index is 1.44. The number of aromatic nitrogens is 2. The fourth-order valence-electron chi connectivity index (χ4n) is 4.16. The molecule has 148 valence electrons. The molecule has 2 aliphatic rings. The molecule has 2 saturated heterocycles. The maximum Gasteiger partial charge on any atom is 0.229 e. The second kappa shape index (κ2) is 8.56. The van der Waals surface area contributed by atoms with Gasteiger partial charge in [-0.3, -0.25) is 4.79 Å². The molecule has 2 atom stereocenters. The fourth-order valence-corrected chi connectivity index (χ4v) is 4.16. The van der Waals surface area contributed by atoms with E-state index in [0.29, 0.717) is 6.54 Å². The van der Waals surface area contributed by atoms with Gasteiger partial charge in [-0.1, -0.05) is 18.2 Å². The van der Waals surface area contributed by atoms with Crippen LogP contribution in [0.15, 0.2) is 42.7 Å². The Kier molecular flexibility index (Phi) is 5.71. The highest BCUT2D eigenvalue weighted by molar-refractivity contribution is 5.93. The highest BCUT2D eigenvalue weighted by Crippen LogP contribution is 2.28. The van der Waals surface area contributed by atoms with E-state index < -0.39 is 0 Å². The van der Waals surface area contributed by atoms with Crippen molar-refractivity contribution in [2.24, 2.45) is 5.92 Å². The molecule has 0 bridgehead atoms. The molecule has 2 aliphatic heterocycles. The number of hydrogen-bond donors (Lipinski definition) is 2. The van der Waals surface area contributed by atoms with Crippen LogP contribution in [-0.2, 0) is 4.79 Å². The third-order valence-corrected chi connectivity index (χ3v) is 5.68. The average molecular weight is 381 g/mol. The topological polar surface area (TPSA) is 81.6 Å². The first kappa shape index (κ1) is 18.7. The van der Waals surface area contributed by atoms with Gasteiger partial charge in [0.2, 0.25) is 5.91 Å². The van der Waals surface area contributed by atoms with Crippen molar-refractivity contribution >= 4 is 23.2 Å². The van der Waals surface area contributed by atoms with E-state index >= 15 is 0 Å². The standard InChI is InChI=1S/C21H27N5O2/c27-14-18-9-5-11-26(18)20-12-19(22-15-23-20)25-10-4-6-16(13-25)21(28)24-17-7-2-1-3-8-17/h1-3,7-8,12,15-16,18,27H,4-6,9-11,13-14H2,(H,24,28)/t16-,18-/m1/s1. The highest BCUT2D eigenvalue weighted by atomic mass is 16.3. The van der Waals surface area contributed by atoms with Gasteiger partial charge in [0.05, 0.1) is 18.6 Å². The number of carbonyl (C=O) groups excluding carboxylic acids is 1. The molecule has 7 nitrogen and oxygen atoms in total. The minimum absolute atomic E-state index is 0.0602. The largest absolute Gasteiger partial charge is 0.394 e. The van der Waals surface area contributed by atoms with Crippen LogP contribution in [0.25, 0.3) is 0 Å². The number of aliphatic hydroxyl groups is 1. The van der Waals surface area contributed by atoms with Gasteiger partial charge in [0.1, 0.15) is 18.0 Å². The maximum absolute atomic E-state index is 12.7. The van der Waals surface area contributed by atoms with Gasteiger partial charge in [-0.05, 0) is 37.8 Å². The number of hydrogen-bond acceptors (Lipinski definition) is 6. The Morgan fingerprint density at radius 1 is 1.11 bits per heavy atom. The van der Waals surface area contributed by atoms with Gasteiger partial charge < -0.3 is 20.2 Å². The van der Waals surface area contributed by atoms with Crippen molar-refractivity contribution in [1.82, 2.24) is 9.97 Å². The van der Waals surface area contributed by atoms with Gasteiger partial charge in [0, 0.05) is 31.4 Å². The number of nitrogens with zero attached hydrogens (tertiary/aromatic N) is 4. The van der Waals surface area contributed by atoms with Crippen LogP contribution in [0.1, 0.15) is 25.7 Å². The Labute approximate surface area is 165 Å². The lowest BCUT2D eigenvalue weighted by molar-refractivity contribution is -0.120. The minimum atomic E-state index is -0.0654. The van der Waals surface area contributed by atoms with Crippen LogP contribution in [0.3, 0.4) is 0 Å². The first-order valence-electron chi connectivity index (χ1n) is 10.0. The van der Waals surface area contributed by atoms with Crippen LogP contribution < -0.4 is 15.1 Å². The zero-order chi connectivity index (χ0) is 19.3. The van der Waals surface area contributed by atoms with Gasteiger partial charge in [0.25, 0.3) is 0 Å². The molecule has 7 heteroatoms. The van der Waals surface area contributed by atoms with Gasteiger partial charge in [-0.2, -0.15) is 0 Å². The Morgan fingerprint density at radius 3 is 2.71 bits per heavy atom. The summed E-state index contributed by atoms with van der Waals surface area (Å²) in [5, 5.41) is 12.6. The Hall–Kier alpha value is -2.67. The zero-order valence-electron chi connectivity index (χ0n) is 16.0. The molecule has 0 spiro atoms. The van der Waals surface area contributed by atoms with Crippen molar-refractivity contribution in [2.45, 2.75) is 31.7 Å². The van der Waals surface area contributed by atoms with Crippen LogP contribution >= 0.6 is 0 Å². The summed E-state index contributed by atoms with van der Waals surface area (Å²) in [5.41, 5.74) is 0.832. The SMILES string of the molecule is O=C(Nc1ccccc1)[C@@H]1CCCN(c2cc(N3CCC[C@@H]3CO)ncn2)C1. The van der Waals surface area contributed by atoms with Crippen LogP contribution in [0.2, 0.25) is 0 Å². The lowest BCUT2D eigenvalue weighted by atomic mass is 9.97. The van der Waals surface area contributed by atoms with Gasteiger partial charge in [-0.25, -0.2) is 9.97 Å². The van der Waals surface area contributed by atoms with Crippen molar-refractivity contribution in [3.8, 4) is 0 Å². The van der Waals surface area contributed by atoms with Crippen molar-refractivity contribution < 1.29 is 9.90 Å². The normalized spacial score (nSPS) is 22.3. The maximum atomic E-state index is 12.7. The predicted molar refractivity (Wildman–Crippen MR) is 109 cm³/mol. The molecule has 3 heterocycles. The zero-order valence-corrected chi connectivity index (χ0v) is 16.0. The average Bonchev–Trinajstić information content (AvgIpc) is 3.24. The lowest BCUT2D eigenvalue weighted by Gasteiger charge is -2.33. The summed E-state index contributed by atoms with van der Waals surface area (Å²) < 4.78 is 0. The molecule has 2 N–H and O–H groups in total. The minimum Gasteiger partial charge on any atom is -0.394 e. The Bertz CT molecular complexity index is 800. The number of para-hydroxylation sites is 1. The third-order valence-electron chi connectivity index (χ3n) is 5.68. The highest BCUT2D eigenvalue weighted by Gasteiger charge is 2.29. The summed E-state index contributed by atoms with van der Waals surface area (Å²) >= 11 is 0. The molecular formula is C21H27N5O2. The number of carbonyl (C=O) groups is 1. The monoisotopic (exact) mass is 381 g/mol. The van der Waals surface area contributed by atoms with E-state index in [-0.39, 0.29) is 24.5 Å². The fraction of sp³-hybridized carbons (Fsp3) is 0.476. The summed E-state index contributed by atoms with van der Waals surface area (Å²) in [6, 6.07) is 11.7. The van der Waals surface area contributed by atoms with Crippen molar-refractivity contribution in [3.05, 3.63) is 42.7 Å². The van der Waals surface area contributed by atoms with E-state index in [0.717, 1.165) is 56.1 Å². The summed E-state index contributed by atoms with van der Waals surface area (Å²) in [6.45, 7) is 2.59. The lowest BCUT2D eigenvalue weighted by Crippen LogP contribution is -2.41. The molecule has 0 saturated carbocycles. The van der Waals surface area contributed by atoms with Gasteiger partial charge in [0.15, 0.2) is 0 Å². The molecule has 1 aromatic carbocycles. The molecule has 0 unspecified atom stereocenters. The van der Waals surface area contributed by atoms with Crippen LogP contribution in [-0.4, -0.2) is 53.3 Å². The molecule has 0 aliphatic carbocycles. The molecule has 1 amide bonds. The number of anilines is 3. The summed E-state index contributed by atoms with van der Waals surface area (Å²) in [5.74, 6) is 1.71.